The zero-order valence-corrected chi connectivity index (χ0v) is 12.9. The summed E-state index contributed by atoms with van der Waals surface area (Å²) in [4.78, 5) is 15.7. The highest BCUT2D eigenvalue weighted by Crippen LogP contribution is 2.27. The molecule has 1 aromatic rings. The quantitative estimate of drug-likeness (QED) is 0.834. The molecule has 0 saturated heterocycles. The second-order valence-corrected chi connectivity index (χ2v) is 8.28. The van der Waals surface area contributed by atoms with Crippen LogP contribution in [0.2, 0.25) is 0 Å². The Kier molecular flexibility index (Phi) is 4.70. The van der Waals surface area contributed by atoms with Crippen LogP contribution in [0.15, 0.2) is 11.1 Å². The molecule has 0 fully saturated rings. The number of nitrogens with zero attached hydrogens (tertiary/aromatic N) is 1. The molecule has 2 rings (SSSR count). The number of carbonyl (C=O) groups is 1. The lowest BCUT2D eigenvalue weighted by atomic mass is 9.95. The summed E-state index contributed by atoms with van der Waals surface area (Å²) in [6.45, 7) is 0. The van der Waals surface area contributed by atoms with E-state index in [1.54, 1.807) is 6.07 Å². The molecule has 5 nitrogen and oxygen atoms in total. The summed E-state index contributed by atoms with van der Waals surface area (Å²) in [6, 6.07) is 1.70. The molecule has 0 aliphatic heterocycles. The first-order chi connectivity index (χ1) is 9.37. The molecule has 7 heteroatoms. The Hall–Kier alpha value is -1.08. The van der Waals surface area contributed by atoms with E-state index in [2.05, 4.69) is 4.98 Å². The van der Waals surface area contributed by atoms with Crippen molar-refractivity contribution >= 4 is 27.6 Å². The summed E-state index contributed by atoms with van der Waals surface area (Å²) in [5, 5.41) is 9.69. The fourth-order valence-electron chi connectivity index (χ4n) is 2.17. The molecule has 1 aliphatic rings. The smallest absolute Gasteiger partial charge is 0.338 e. The van der Waals surface area contributed by atoms with E-state index in [4.69, 9.17) is 0 Å². The molecule has 0 saturated carbocycles. The van der Waals surface area contributed by atoms with Crippen LogP contribution in [0, 0.1) is 0 Å². The van der Waals surface area contributed by atoms with Gasteiger partial charge < -0.3 is 5.11 Å². The van der Waals surface area contributed by atoms with Crippen LogP contribution < -0.4 is 0 Å². The molecule has 0 atom stereocenters. The molecule has 0 bridgehead atoms. The van der Waals surface area contributed by atoms with Gasteiger partial charge in [0.25, 0.3) is 0 Å². The number of pyridine rings is 1. The van der Waals surface area contributed by atoms with Crippen molar-refractivity contribution in [2.24, 2.45) is 0 Å². The molecule has 1 aliphatic carbocycles. The van der Waals surface area contributed by atoms with Gasteiger partial charge in [-0.05, 0) is 37.3 Å². The number of carboxylic acids is 1. The Bertz CT molecular complexity index is 626. The maximum atomic E-state index is 11.3. The number of aromatic carboxylic acids is 1. The van der Waals surface area contributed by atoms with Crippen LogP contribution in [0.5, 0.6) is 0 Å². The van der Waals surface area contributed by atoms with Crippen LogP contribution in [-0.4, -0.2) is 42.2 Å². The molecule has 0 aromatic carbocycles. The normalized spacial score (nSPS) is 14.8. The number of rotatable bonds is 5. The predicted octanol–water partition coefficient (Wildman–Crippen LogP) is 1.80. The lowest BCUT2D eigenvalue weighted by Gasteiger charge is -2.17. The molecule has 0 radical (unpaired) electrons. The highest BCUT2D eigenvalue weighted by Gasteiger charge is 2.19. The van der Waals surface area contributed by atoms with Crippen LogP contribution in [0.25, 0.3) is 0 Å². The van der Waals surface area contributed by atoms with E-state index in [0.29, 0.717) is 10.8 Å². The van der Waals surface area contributed by atoms with Crippen molar-refractivity contribution in [1.82, 2.24) is 4.98 Å². The van der Waals surface area contributed by atoms with Crippen molar-refractivity contribution in [2.75, 3.05) is 17.8 Å². The average Bonchev–Trinajstić information content (AvgIpc) is 2.36. The van der Waals surface area contributed by atoms with Gasteiger partial charge in [-0.15, -0.1) is 11.8 Å². The van der Waals surface area contributed by atoms with Crippen molar-refractivity contribution < 1.29 is 18.3 Å². The fourth-order valence-corrected chi connectivity index (χ4v) is 4.38. The van der Waals surface area contributed by atoms with Crippen LogP contribution in [0.1, 0.15) is 34.5 Å². The number of carboxylic acid groups (broad SMARTS) is 1. The van der Waals surface area contributed by atoms with Gasteiger partial charge in [-0.1, -0.05) is 0 Å². The SMILES string of the molecule is CS(=O)(=O)CCSc1nc2c(cc1C(=O)O)CCCC2. The maximum Gasteiger partial charge on any atom is 0.338 e. The molecule has 1 heterocycles. The van der Waals surface area contributed by atoms with Gasteiger partial charge in [0.1, 0.15) is 14.9 Å². The van der Waals surface area contributed by atoms with E-state index in [1.807, 2.05) is 0 Å². The van der Waals surface area contributed by atoms with Gasteiger partial charge in [-0.25, -0.2) is 18.2 Å². The second kappa shape index (κ2) is 6.13. The predicted molar refractivity (Wildman–Crippen MR) is 78.3 cm³/mol. The third-order valence-corrected chi connectivity index (χ3v) is 5.39. The molecule has 110 valence electrons. The van der Waals surface area contributed by atoms with E-state index in [-0.39, 0.29) is 11.3 Å². The highest BCUT2D eigenvalue weighted by atomic mass is 32.2. The van der Waals surface area contributed by atoms with Gasteiger partial charge in [0.15, 0.2) is 0 Å². The van der Waals surface area contributed by atoms with Crippen molar-refractivity contribution in [3.05, 3.63) is 22.9 Å². The van der Waals surface area contributed by atoms with E-state index < -0.39 is 15.8 Å². The monoisotopic (exact) mass is 315 g/mol. The lowest BCUT2D eigenvalue weighted by molar-refractivity contribution is 0.0692. The van der Waals surface area contributed by atoms with E-state index >= 15 is 0 Å². The van der Waals surface area contributed by atoms with Crippen molar-refractivity contribution in [3.63, 3.8) is 0 Å². The first-order valence-corrected chi connectivity index (χ1v) is 9.48. The summed E-state index contributed by atoms with van der Waals surface area (Å²) in [5.41, 5.74) is 2.16. The van der Waals surface area contributed by atoms with Gasteiger partial charge in [-0.2, -0.15) is 0 Å². The zero-order chi connectivity index (χ0) is 14.8. The van der Waals surface area contributed by atoms with Crippen LogP contribution >= 0.6 is 11.8 Å². The van der Waals surface area contributed by atoms with Crippen molar-refractivity contribution in [3.8, 4) is 0 Å². The van der Waals surface area contributed by atoms with Crippen molar-refractivity contribution in [1.29, 1.82) is 0 Å². The number of fused-ring (bicyclic) bond motifs is 1. The largest absolute Gasteiger partial charge is 0.478 e. The Morgan fingerprint density at radius 1 is 1.40 bits per heavy atom. The Balaban J connectivity index is 2.23. The van der Waals surface area contributed by atoms with E-state index in [9.17, 15) is 18.3 Å². The van der Waals surface area contributed by atoms with Gasteiger partial charge in [0.05, 0.1) is 11.3 Å². The molecule has 0 amide bonds. The first-order valence-electron chi connectivity index (χ1n) is 6.43. The lowest BCUT2D eigenvalue weighted by Crippen LogP contribution is -2.12. The van der Waals surface area contributed by atoms with Gasteiger partial charge >= 0.3 is 5.97 Å². The van der Waals surface area contributed by atoms with Gasteiger partial charge in [0, 0.05) is 17.7 Å². The Morgan fingerprint density at radius 2 is 2.10 bits per heavy atom. The molecule has 0 spiro atoms. The summed E-state index contributed by atoms with van der Waals surface area (Å²) in [7, 11) is -3.04. The van der Waals surface area contributed by atoms with Gasteiger partial charge in [-0.3, -0.25) is 0 Å². The van der Waals surface area contributed by atoms with Crippen LogP contribution in [-0.2, 0) is 22.7 Å². The number of aryl methyl sites for hydroxylation is 2. The summed E-state index contributed by atoms with van der Waals surface area (Å²) < 4.78 is 22.2. The summed E-state index contributed by atoms with van der Waals surface area (Å²) >= 11 is 1.20. The number of aromatic nitrogens is 1. The minimum absolute atomic E-state index is 0.0233. The van der Waals surface area contributed by atoms with Crippen LogP contribution in [0.4, 0.5) is 0 Å². The van der Waals surface area contributed by atoms with Crippen LogP contribution in [0.3, 0.4) is 0 Å². The molecule has 0 unspecified atom stereocenters. The van der Waals surface area contributed by atoms with Gasteiger partial charge in [0.2, 0.25) is 0 Å². The molecule has 1 N–H and O–H groups in total. The zero-order valence-electron chi connectivity index (χ0n) is 11.3. The van der Waals surface area contributed by atoms with Crippen molar-refractivity contribution in [2.45, 2.75) is 30.7 Å². The minimum atomic E-state index is -3.04. The molecule has 20 heavy (non-hydrogen) atoms. The number of hydrogen-bond donors (Lipinski definition) is 1. The second-order valence-electron chi connectivity index (χ2n) is 4.94. The first kappa shape index (κ1) is 15.3. The Labute approximate surface area is 122 Å². The number of hydrogen-bond acceptors (Lipinski definition) is 5. The Morgan fingerprint density at radius 3 is 2.75 bits per heavy atom. The summed E-state index contributed by atoms with van der Waals surface area (Å²) in [5.74, 6) is -0.659. The third-order valence-electron chi connectivity index (χ3n) is 3.19. The minimum Gasteiger partial charge on any atom is -0.478 e. The molecule has 1 aromatic heterocycles. The molecular formula is C13H17NO4S2. The fraction of sp³-hybridized carbons (Fsp3) is 0.538. The van der Waals surface area contributed by atoms with E-state index in [1.165, 1.54) is 18.0 Å². The number of sulfone groups is 1. The number of thioether (sulfide) groups is 1. The highest BCUT2D eigenvalue weighted by molar-refractivity contribution is 8.00. The standard InChI is InChI=1S/C13H17NO4S2/c1-20(17,18)7-6-19-12-10(13(15)16)8-9-4-2-3-5-11(9)14-12/h8H,2-7H2,1H3,(H,15,16). The van der Waals surface area contributed by atoms with E-state index in [0.717, 1.165) is 36.9 Å². The third kappa shape index (κ3) is 3.96. The summed E-state index contributed by atoms with van der Waals surface area (Å²) in [6.07, 6.45) is 5.05. The molecular weight excluding hydrogens is 298 g/mol. The maximum absolute atomic E-state index is 11.3. The average molecular weight is 315 g/mol. The topological polar surface area (TPSA) is 84.3 Å².